The van der Waals surface area contributed by atoms with Gasteiger partial charge in [0.25, 0.3) is 5.56 Å². The van der Waals surface area contributed by atoms with Gasteiger partial charge in [-0.2, -0.15) is 5.10 Å². The van der Waals surface area contributed by atoms with Crippen LogP contribution in [0.3, 0.4) is 0 Å². The van der Waals surface area contributed by atoms with Crippen LogP contribution in [0.4, 0.5) is 0 Å². The van der Waals surface area contributed by atoms with Crippen LogP contribution in [0.1, 0.15) is 32.1 Å². The topological polar surface area (TPSA) is 82.5 Å². The largest absolute Gasteiger partial charge is 0.493 e. The molecule has 3 rings (SSSR count). The highest BCUT2D eigenvalue weighted by Crippen LogP contribution is 2.31. The predicted molar refractivity (Wildman–Crippen MR) is 102 cm³/mol. The molecule has 1 aromatic heterocycles. The van der Waals surface area contributed by atoms with Crippen molar-refractivity contribution in [1.29, 1.82) is 0 Å². The van der Waals surface area contributed by atoms with Crippen molar-refractivity contribution in [3.05, 3.63) is 40.7 Å². The lowest BCUT2D eigenvalue weighted by Crippen LogP contribution is -2.40. The molecule has 1 saturated carbocycles. The summed E-state index contributed by atoms with van der Waals surface area (Å²) in [6.45, 7) is -0.0868. The van der Waals surface area contributed by atoms with Gasteiger partial charge in [0.2, 0.25) is 5.91 Å². The van der Waals surface area contributed by atoms with Crippen molar-refractivity contribution in [3.8, 4) is 22.8 Å². The quantitative estimate of drug-likeness (QED) is 0.843. The molecule has 1 N–H and O–H groups in total. The Balaban J connectivity index is 1.78. The van der Waals surface area contributed by atoms with Gasteiger partial charge in [-0.3, -0.25) is 9.59 Å². The van der Waals surface area contributed by atoms with Gasteiger partial charge in [0.05, 0.1) is 19.9 Å². The van der Waals surface area contributed by atoms with Gasteiger partial charge in [-0.15, -0.1) is 0 Å². The molecular weight excluding hydrogens is 346 g/mol. The molecular formula is C20H25N3O4. The maximum Gasteiger partial charge on any atom is 0.267 e. The second kappa shape index (κ2) is 8.70. The summed E-state index contributed by atoms with van der Waals surface area (Å²) in [7, 11) is 3.13. The summed E-state index contributed by atoms with van der Waals surface area (Å²) in [5, 5.41) is 7.37. The van der Waals surface area contributed by atoms with Crippen LogP contribution < -0.4 is 20.3 Å². The molecule has 1 fully saturated rings. The van der Waals surface area contributed by atoms with E-state index in [2.05, 4.69) is 10.4 Å². The first-order chi connectivity index (χ1) is 13.1. The molecule has 144 valence electrons. The van der Waals surface area contributed by atoms with Crippen LogP contribution >= 0.6 is 0 Å². The van der Waals surface area contributed by atoms with Crippen molar-refractivity contribution >= 4 is 5.91 Å². The fourth-order valence-corrected chi connectivity index (χ4v) is 3.37. The van der Waals surface area contributed by atoms with Gasteiger partial charge in [0.1, 0.15) is 6.54 Å². The number of aromatic nitrogens is 2. The SMILES string of the molecule is COc1ccc(-c2ccc(=O)n(CC(=O)NC3CCCCC3)n2)cc1OC. The highest BCUT2D eigenvalue weighted by Gasteiger charge is 2.17. The van der Waals surface area contributed by atoms with Crippen LogP contribution in [0.2, 0.25) is 0 Å². The Hall–Kier alpha value is -2.83. The van der Waals surface area contributed by atoms with Gasteiger partial charge in [-0.1, -0.05) is 19.3 Å². The van der Waals surface area contributed by atoms with Crippen molar-refractivity contribution < 1.29 is 14.3 Å². The van der Waals surface area contributed by atoms with Crippen molar-refractivity contribution in [2.45, 2.75) is 44.7 Å². The van der Waals surface area contributed by atoms with E-state index in [1.54, 1.807) is 32.4 Å². The number of amides is 1. The first kappa shape index (κ1) is 18.9. The summed E-state index contributed by atoms with van der Waals surface area (Å²) in [4.78, 5) is 24.4. The van der Waals surface area contributed by atoms with Gasteiger partial charge in [0, 0.05) is 17.7 Å². The van der Waals surface area contributed by atoms with E-state index in [1.807, 2.05) is 6.07 Å². The van der Waals surface area contributed by atoms with Gasteiger partial charge in [-0.05, 0) is 37.1 Å². The van der Waals surface area contributed by atoms with E-state index in [9.17, 15) is 9.59 Å². The number of nitrogens with zero attached hydrogens (tertiary/aromatic N) is 2. The number of hydrogen-bond acceptors (Lipinski definition) is 5. The van der Waals surface area contributed by atoms with Crippen molar-refractivity contribution in [2.24, 2.45) is 0 Å². The third kappa shape index (κ3) is 4.67. The molecule has 2 aromatic rings. The Morgan fingerprint density at radius 3 is 2.56 bits per heavy atom. The minimum Gasteiger partial charge on any atom is -0.493 e. The summed E-state index contributed by atoms with van der Waals surface area (Å²) in [5.41, 5.74) is 1.05. The molecule has 7 heteroatoms. The van der Waals surface area contributed by atoms with E-state index < -0.39 is 0 Å². The van der Waals surface area contributed by atoms with E-state index in [0.29, 0.717) is 17.2 Å². The Bertz CT molecular complexity index is 857. The van der Waals surface area contributed by atoms with E-state index in [0.717, 1.165) is 31.2 Å². The van der Waals surface area contributed by atoms with Gasteiger partial charge < -0.3 is 14.8 Å². The summed E-state index contributed by atoms with van der Waals surface area (Å²) in [6, 6.07) is 8.67. The van der Waals surface area contributed by atoms with Crippen LogP contribution in [-0.2, 0) is 11.3 Å². The fraction of sp³-hybridized carbons (Fsp3) is 0.450. The van der Waals surface area contributed by atoms with E-state index in [4.69, 9.17) is 9.47 Å². The number of carbonyl (C=O) groups is 1. The Kier molecular flexibility index (Phi) is 6.11. The first-order valence-corrected chi connectivity index (χ1v) is 9.20. The smallest absolute Gasteiger partial charge is 0.267 e. The molecule has 0 spiro atoms. The normalized spacial score (nSPS) is 14.6. The average molecular weight is 371 g/mol. The first-order valence-electron chi connectivity index (χ1n) is 9.20. The minimum absolute atomic E-state index is 0.0868. The monoisotopic (exact) mass is 371 g/mol. The molecule has 0 radical (unpaired) electrons. The van der Waals surface area contributed by atoms with E-state index >= 15 is 0 Å². The zero-order valence-corrected chi connectivity index (χ0v) is 15.7. The molecule has 27 heavy (non-hydrogen) atoms. The zero-order valence-electron chi connectivity index (χ0n) is 15.7. The summed E-state index contributed by atoms with van der Waals surface area (Å²) < 4.78 is 11.8. The molecule has 0 bridgehead atoms. The molecule has 0 unspecified atom stereocenters. The maximum atomic E-state index is 12.3. The molecule has 0 atom stereocenters. The molecule has 7 nitrogen and oxygen atoms in total. The summed E-state index contributed by atoms with van der Waals surface area (Å²) >= 11 is 0. The number of rotatable bonds is 6. The fourth-order valence-electron chi connectivity index (χ4n) is 3.37. The second-order valence-electron chi connectivity index (χ2n) is 6.69. The Morgan fingerprint density at radius 1 is 1.11 bits per heavy atom. The molecule has 1 aliphatic carbocycles. The number of ether oxygens (including phenoxy) is 2. The zero-order chi connectivity index (χ0) is 19.2. The summed E-state index contributed by atoms with van der Waals surface area (Å²) in [5.74, 6) is 1.01. The second-order valence-corrected chi connectivity index (χ2v) is 6.69. The molecule has 1 amide bonds. The van der Waals surface area contributed by atoms with Crippen molar-refractivity contribution in [1.82, 2.24) is 15.1 Å². The lowest BCUT2D eigenvalue weighted by atomic mass is 9.95. The van der Waals surface area contributed by atoms with Crippen molar-refractivity contribution in [3.63, 3.8) is 0 Å². The predicted octanol–water partition coefficient (Wildman–Crippen LogP) is 2.38. The van der Waals surface area contributed by atoms with Gasteiger partial charge >= 0.3 is 0 Å². The highest BCUT2D eigenvalue weighted by molar-refractivity contribution is 5.76. The average Bonchev–Trinajstić information content (AvgIpc) is 2.69. The van der Waals surface area contributed by atoms with Crippen LogP contribution in [0.15, 0.2) is 35.1 Å². The van der Waals surface area contributed by atoms with Crippen LogP contribution in [0, 0.1) is 0 Å². The van der Waals surface area contributed by atoms with Crippen LogP contribution in [0.25, 0.3) is 11.3 Å². The number of carbonyl (C=O) groups excluding carboxylic acids is 1. The number of hydrogen-bond donors (Lipinski definition) is 1. The number of benzene rings is 1. The molecule has 1 heterocycles. The summed E-state index contributed by atoms with van der Waals surface area (Å²) in [6.07, 6.45) is 5.50. The Morgan fingerprint density at radius 2 is 1.85 bits per heavy atom. The Labute approximate surface area is 158 Å². The van der Waals surface area contributed by atoms with Crippen molar-refractivity contribution in [2.75, 3.05) is 14.2 Å². The lowest BCUT2D eigenvalue weighted by Gasteiger charge is -2.22. The molecule has 0 aliphatic heterocycles. The van der Waals surface area contributed by atoms with E-state index in [-0.39, 0.29) is 24.1 Å². The van der Waals surface area contributed by atoms with Gasteiger partial charge in [-0.25, -0.2) is 4.68 Å². The third-order valence-electron chi connectivity index (χ3n) is 4.81. The standard InChI is InChI=1S/C20H25N3O4/c1-26-17-10-8-14(12-18(17)27-2)16-9-11-20(25)23(22-16)13-19(24)21-15-6-4-3-5-7-15/h8-12,15H,3-7,13H2,1-2H3,(H,21,24). The highest BCUT2D eigenvalue weighted by atomic mass is 16.5. The van der Waals surface area contributed by atoms with Crippen LogP contribution in [-0.4, -0.2) is 35.9 Å². The lowest BCUT2D eigenvalue weighted by molar-refractivity contribution is -0.122. The molecule has 1 aliphatic rings. The number of nitrogens with one attached hydrogen (secondary N) is 1. The molecule has 1 aromatic carbocycles. The van der Waals surface area contributed by atoms with Crippen LogP contribution in [0.5, 0.6) is 11.5 Å². The minimum atomic E-state index is -0.307. The molecule has 0 saturated heterocycles. The maximum absolute atomic E-state index is 12.3. The van der Waals surface area contributed by atoms with E-state index in [1.165, 1.54) is 17.2 Å². The van der Waals surface area contributed by atoms with Gasteiger partial charge in [0.15, 0.2) is 11.5 Å². The number of methoxy groups -OCH3 is 2. The third-order valence-corrected chi connectivity index (χ3v) is 4.81.